The Morgan fingerprint density at radius 3 is 2.60 bits per heavy atom. The average Bonchev–Trinajstić information content (AvgIpc) is 2.44. The van der Waals surface area contributed by atoms with Gasteiger partial charge in [-0.2, -0.15) is 11.8 Å². The Morgan fingerprint density at radius 2 is 2.00 bits per heavy atom. The van der Waals surface area contributed by atoms with E-state index in [0.29, 0.717) is 18.8 Å². The molecule has 0 spiro atoms. The Kier molecular flexibility index (Phi) is 6.70. The van der Waals surface area contributed by atoms with Crippen molar-refractivity contribution in [3.63, 3.8) is 0 Å². The van der Waals surface area contributed by atoms with Gasteiger partial charge in [-0.3, -0.25) is 13.9 Å². The topological polar surface area (TPSA) is 82.0 Å². The van der Waals surface area contributed by atoms with Crippen LogP contribution < -0.4 is 22.3 Å². The summed E-state index contributed by atoms with van der Waals surface area (Å²) in [5.74, 6) is 1.26. The first-order valence-electron chi connectivity index (χ1n) is 6.86. The molecule has 0 unspecified atom stereocenters. The van der Waals surface area contributed by atoms with Gasteiger partial charge in [0.25, 0.3) is 5.56 Å². The molecule has 0 saturated carbocycles. The summed E-state index contributed by atoms with van der Waals surface area (Å²) < 4.78 is 2.59. The summed E-state index contributed by atoms with van der Waals surface area (Å²) in [6.07, 6.45) is 4.80. The second kappa shape index (κ2) is 8.04. The number of anilines is 2. The van der Waals surface area contributed by atoms with Crippen molar-refractivity contribution in [3.05, 3.63) is 20.8 Å². The fourth-order valence-corrected chi connectivity index (χ4v) is 2.34. The van der Waals surface area contributed by atoms with Crippen molar-refractivity contribution >= 4 is 23.3 Å². The number of unbranched alkanes of at least 4 members (excludes halogenated alkanes) is 1. The van der Waals surface area contributed by atoms with Gasteiger partial charge < -0.3 is 11.1 Å². The van der Waals surface area contributed by atoms with E-state index in [1.807, 2.05) is 13.2 Å². The van der Waals surface area contributed by atoms with Crippen LogP contribution in [0.5, 0.6) is 0 Å². The molecule has 7 heteroatoms. The second-order valence-electron chi connectivity index (χ2n) is 4.69. The third-order valence-electron chi connectivity index (χ3n) is 3.15. The number of nitrogens with two attached hydrogens (primary N) is 1. The molecule has 0 atom stereocenters. The van der Waals surface area contributed by atoms with Crippen molar-refractivity contribution in [2.24, 2.45) is 7.05 Å². The van der Waals surface area contributed by atoms with Crippen LogP contribution in [-0.2, 0) is 13.6 Å². The molecule has 114 valence electrons. The van der Waals surface area contributed by atoms with E-state index < -0.39 is 0 Å². The first-order valence-corrected chi connectivity index (χ1v) is 8.26. The minimum atomic E-state index is -0.357. The number of hydrogen-bond donors (Lipinski definition) is 2. The molecule has 0 aliphatic heterocycles. The van der Waals surface area contributed by atoms with Gasteiger partial charge in [-0.25, -0.2) is 4.79 Å². The third kappa shape index (κ3) is 3.82. The molecule has 1 rings (SSSR count). The molecular formula is C13H24N4O2S. The van der Waals surface area contributed by atoms with Crippen LogP contribution in [0.25, 0.3) is 0 Å². The molecule has 3 N–H and O–H groups in total. The van der Waals surface area contributed by atoms with Crippen molar-refractivity contribution in [1.82, 2.24) is 9.13 Å². The average molecular weight is 300 g/mol. The van der Waals surface area contributed by atoms with E-state index in [1.165, 1.54) is 11.6 Å². The van der Waals surface area contributed by atoms with Crippen LogP contribution in [-0.4, -0.2) is 27.7 Å². The Labute approximate surface area is 123 Å². The van der Waals surface area contributed by atoms with Crippen molar-refractivity contribution in [2.45, 2.75) is 32.7 Å². The quantitative estimate of drug-likeness (QED) is 0.702. The molecule has 0 bridgehead atoms. The van der Waals surface area contributed by atoms with Gasteiger partial charge in [0.05, 0.1) is 0 Å². The Bertz CT molecular complexity index is 551. The van der Waals surface area contributed by atoms with Crippen LogP contribution >= 0.6 is 11.8 Å². The summed E-state index contributed by atoms with van der Waals surface area (Å²) in [5.41, 5.74) is 5.62. The summed E-state index contributed by atoms with van der Waals surface area (Å²) in [7, 11) is 1.49. The lowest BCUT2D eigenvalue weighted by Crippen LogP contribution is -2.41. The molecule has 0 aliphatic carbocycles. The van der Waals surface area contributed by atoms with Crippen LogP contribution in [0, 0.1) is 0 Å². The molecule has 0 aromatic carbocycles. The van der Waals surface area contributed by atoms with Crippen LogP contribution in [0.1, 0.15) is 26.2 Å². The van der Waals surface area contributed by atoms with Gasteiger partial charge in [0.1, 0.15) is 11.5 Å². The normalized spacial score (nSPS) is 10.8. The highest BCUT2D eigenvalue weighted by Gasteiger charge is 2.14. The SMILES string of the molecule is CCCCn1c(N)c(NCCCSC)c(=O)n(C)c1=O. The molecule has 0 saturated heterocycles. The zero-order chi connectivity index (χ0) is 15.1. The largest absolute Gasteiger partial charge is 0.383 e. The minimum Gasteiger partial charge on any atom is -0.383 e. The first kappa shape index (κ1) is 16.7. The summed E-state index contributed by atoms with van der Waals surface area (Å²) in [6.45, 7) is 3.26. The molecule has 0 aliphatic rings. The maximum atomic E-state index is 12.1. The van der Waals surface area contributed by atoms with Crippen LogP contribution in [0.2, 0.25) is 0 Å². The summed E-state index contributed by atoms with van der Waals surface area (Å²) in [4.78, 5) is 24.2. The maximum Gasteiger partial charge on any atom is 0.332 e. The molecule has 0 amide bonds. The van der Waals surface area contributed by atoms with Gasteiger partial charge in [-0.15, -0.1) is 0 Å². The molecule has 0 radical (unpaired) electrons. The summed E-state index contributed by atoms with van der Waals surface area (Å²) in [5, 5.41) is 3.07. The lowest BCUT2D eigenvalue weighted by molar-refractivity contribution is 0.575. The van der Waals surface area contributed by atoms with Crippen molar-refractivity contribution in [3.8, 4) is 0 Å². The highest BCUT2D eigenvalue weighted by atomic mass is 32.2. The lowest BCUT2D eigenvalue weighted by Gasteiger charge is -2.15. The number of nitrogens with zero attached hydrogens (tertiary/aromatic N) is 2. The highest BCUT2D eigenvalue weighted by molar-refractivity contribution is 7.98. The third-order valence-corrected chi connectivity index (χ3v) is 3.84. The van der Waals surface area contributed by atoms with Crippen molar-refractivity contribution in [2.75, 3.05) is 29.6 Å². The molecule has 1 heterocycles. The van der Waals surface area contributed by atoms with Crippen molar-refractivity contribution < 1.29 is 0 Å². The van der Waals surface area contributed by atoms with Gasteiger partial charge in [-0.05, 0) is 24.9 Å². The van der Waals surface area contributed by atoms with E-state index in [1.54, 1.807) is 11.8 Å². The predicted octanol–water partition coefficient (Wildman–Crippen LogP) is 1.09. The van der Waals surface area contributed by atoms with E-state index in [2.05, 4.69) is 5.32 Å². The van der Waals surface area contributed by atoms with Crippen LogP contribution in [0.15, 0.2) is 9.59 Å². The van der Waals surface area contributed by atoms with Gasteiger partial charge in [0.15, 0.2) is 0 Å². The molecule has 6 nitrogen and oxygen atoms in total. The van der Waals surface area contributed by atoms with E-state index in [4.69, 9.17) is 5.73 Å². The highest BCUT2D eigenvalue weighted by Crippen LogP contribution is 2.11. The maximum absolute atomic E-state index is 12.1. The molecule has 1 aromatic heterocycles. The minimum absolute atomic E-state index is 0.246. The molecular weight excluding hydrogens is 276 g/mol. The Balaban J connectivity index is 3.07. The zero-order valence-electron chi connectivity index (χ0n) is 12.4. The van der Waals surface area contributed by atoms with Crippen LogP contribution in [0.4, 0.5) is 11.5 Å². The first-order chi connectivity index (χ1) is 9.54. The smallest absolute Gasteiger partial charge is 0.332 e. The number of aromatic nitrogens is 2. The molecule has 0 fully saturated rings. The fourth-order valence-electron chi connectivity index (χ4n) is 1.91. The van der Waals surface area contributed by atoms with E-state index in [9.17, 15) is 9.59 Å². The monoisotopic (exact) mass is 300 g/mol. The van der Waals surface area contributed by atoms with Gasteiger partial charge in [0, 0.05) is 20.1 Å². The number of hydrogen-bond acceptors (Lipinski definition) is 5. The molecule has 20 heavy (non-hydrogen) atoms. The predicted molar refractivity (Wildman–Crippen MR) is 86.8 cm³/mol. The van der Waals surface area contributed by atoms with E-state index in [-0.39, 0.29) is 17.1 Å². The van der Waals surface area contributed by atoms with E-state index >= 15 is 0 Å². The summed E-state index contributed by atoms with van der Waals surface area (Å²) >= 11 is 1.76. The number of nitrogens with one attached hydrogen (secondary N) is 1. The zero-order valence-corrected chi connectivity index (χ0v) is 13.3. The Hall–Kier alpha value is -1.37. The standard InChI is InChI=1S/C13H24N4O2S/c1-4-5-8-17-11(14)10(15-7-6-9-20-3)12(18)16(2)13(17)19/h15H,4-9,14H2,1-3H3. The van der Waals surface area contributed by atoms with E-state index in [0.717, 1.165) is 29.6 Å². The lowest BCUT2D eigenvalue weighted by atomic mass is 10.3. The fraction of sp³-hybridized carbons (Fsp3) is 0.692. The second-order valence-corrected chi connectivity index (χ2v) is 5.67. The van der Waals surface area contributed by atoms with Crippen LogP contribution in [0.3, 0.4) is 0 Å². The molecule has 1 aromatic rings. The van der Waals surface area contributed by atoms with Crippen molar-refractivity contribution in [1.29, 1.82) is 0 Å². The number of nitrogen functional groups attached to an aromatic ring is 1. The number of rotatable bonds is 8. The number of thioether (sulfide) groups is 1. The van der Waals surface area contributed by atoms with Gasteiger partial charge in [0.2, 0.25) is 0 Å². The van der Waals surface area contributed by atoms with Gasteiger partial charge in [-0.1, -0.05) is 13.3 Å². The van der Waals surface area contributed by atoms with Gasteiger partial charge >= 0.3 is 5.69 Å². The Morgan fingerprint density at radius 1 is 1.30 bits per heavy atom. The summed E-state index contributed by atoms with van der Waals surface area (Å²) in [6, 6.07) is 0.